The van der Waals surface area contributed by atoms with Crippen molar-refractivity contribution in [2.75, 3.05) is 0 Å². The smallest absolute Gasteiger partial charge is 0.0287 e. The summed E-state index contributed by atoms with van der Waals surface area (Å²) in [6.45, 7) is 1.08. The van der Waals surface area contributed by atoms with E-state index in [-0.39, 0.29) is 0 Å². The number of hydrogen-bond donors (Lipinski definition) is 2. The van der Waals surface area contributed by atoms with Gasteiger partial charge in [0.25, 0.3) is 0 Å². The lowest BCUT2D eigenvalue weighted by molar-refractivity contribution is 1.07. The zero-order chi connectivity index (χ0) is 16.2. The Labute approximate surface area is 150 Å². The molecule has 116 valence electrons. The van der Waals surface area contributed by atoms with Crippen molar-refractivity contribution in [3.63, 3.8) is 0 Å². The van der Waals surface area contributed by atoms with Crippen molar-refractivity contribution in [2.45, 2.75) is 13.1 Å². The zero-order valence-corrected chi connectivity index (χ0v) is 15.0. The van der Waals surface area contributed by atoms with E-state index in [0.29, 0.717) is 13.1 Å². The molecule has 23 heavy (non-hydrogen) atoms. The second kappa shape index (κ2) is 7.25. The molecule has 0 aliphatic heterocycles. The molecular formula is C20H19IN2. The Morgan fingerprint density at radius 2 is 0.957 bits per heavy atom. The standard InChI is InChI=1S/C20H19IN2/c21-20-18(16-8-3-1-6-14(16)12-22)10-5-11-19(20)17-9-4-2-7-15(17)13-23/h1-11H,12-13,22-23H2. The van der Waals surface area contributed by atoms with E-state index >= 15 is 0 Å². The maximum atomic E-state index is 5.91. The highest BCUT2D eigenvalue weighted by Gasteiger charge is 2.13. The average Bonchev–Trinajstić information content (AvgIpc) is 2.62. The van der Waals surface area contributed by atoms with Crippen LogP contribution in [0.15, 0.2) is 66.7 Å². The maximum absolute atomic E-state index is 5.91. The van der Waals surface area contributed by atoms with Crippen LogP contribution in [-0.2, 0) is 13.1 Å². The van der Waals surface area contributed by atoms with Crippen LogP contribution in [0.2, 0.25) is 0 Å². The second-order valence-electron chi connectivity index (χ2n) is 5.39. The first-order chi connectivity index (χ1) is 11.3. The molecule has 4 N–H and O–H groups in total. The average molecular weight is 414 g/mol. The van der Waals surface area contributed by atoms with E-state index in [2.05, 4.69) is 77.2 Å². The summed E-state index contributed by atoms with van der Waals surface area (Å²) in [5, 5.41) is 0. The molecule has 3 aromatic rings. The third-order valence-electron chi connectivity index (χ3n) is 4.05. The topological polar surface area (TPSA) is 52.0 Å². The van der Waals surface area contributed by atoms with Crippen molar-refractivity contribution in [1.29, 1.82) is 0 Å². The third-order valence-corrected chi connectivity index (χ3v) is 5.22. The summed E-state index contributed by atoms with van der Waals surface area (Å²) in [6.07, 6.45) is 0. The van der Waals surface area contributed by atoms with E-state index in [0.717, 1.165) is 11.1 Å². The van der Waals surface area contributed by atoms with E-state index in [9.17, 15) is 0 Å². The molecule has 3 heteroatoms. The van der Waals surface area contributed by atoms with E-state index in [1.807, 2.05) is 12.1 Å². The van der Waals surface area contributed by atoms with Gasteiger partial charge in [-0.1, -0.05) is 66.7 Å². The first-order valence-corrected chi connectivity index (χ1v) is 8.69. The van der Waals surface area contributed by atoms with Crippen LogP contribution in [-0.4, -0.2) is 0 Å². The predicted octanol–water partition coefficient (Wildman–Crippen LogP) is 4.54. The summed E-state index contributed by atoms with van der Waals surface area (Å²) in [6, 6.07) is 23.1. The number of rotatable bonds is 4. The number of nitrogens with two attached hydrogens (primary N) is 2. The van der Waals surface area contributed by atoms with Gasteiger partial charge in [-0.05, 0) is 56.0 Å². The van der Waals surface area contributed by atoms with Crippen LogP contribution in [0.5, 0.6) is 0 Å². The Bertz CT molecular complexity index is 762. The lowest BCUT2D eigenvalue weighted by atomic mass is 9.94. The fourth-order valence-electron chi connectivity index (χ4n) is 2.87. The summed E-state index contributed by atoms with van der Waals surface area (Å²) in [4.78, 5) is 0. The molecule has 0 unspecified atom stereocenters. The van der Waals surface area contributed by atoms with Gasteiger partial charge in [-0.2, -0.15) is 0 Å². The van der Waals surface area contributed by atoms with Crippen molar-refractivity contribution in [3.8, 4) is 22.3 Å². The first kappa shape index (κ1) is 16.2. The number of benzene rings is 3. The molecule has 0 heterocycles. The highest BCUT2D eigenvalue weighted by molar-refractivity contribution is 14.1. The van der Waals surface area contributed by atoms with Crippen molar-refractivity contribution in [1.82, 2.24) is 0 Å². The van der Waals surface area contributed by atoms with Gasteiger partial charge in [0.2, 0.25) is 0 Å². The molecule has 0 amide bonds. The Morgan fingerprint density at radius 3 is 1.39 bits per heavy atom. The van der Waals surface area contributed by atoms with E-state index < -0.39 is 0 Å². The molecule has 3 rings (SSSR count). The molecule has 2 nitrogen and oxygen atoms in total. The van der Waals surface area contributed by atoms with E-state index in [1.165, 1.54) is 25.8 Å². The van der Waals surface area contributed by atoms with E-state index in [1.54, 1.807) is 0 Å². The summed E-state index contributed by atoms with van der Waals surface area (Å²) in [5.74, 6) is 0. The largest absolute Gasteiger partial charge is 0.326 e. The SMILES string of the molecule is NCc1ccccc1-c1cccc(-c2ccccc2CN)c1I. The lowest BCUT2D eigenvalue weighted by Crippen LogP contribution is -2.01. The molecule has 3 aromatic carbocycles. The van der Waals surface area contributed by atoms with Crippen molar-refractivity contribution >= 4 is 22.6 Å². The first-order valence-electron chi connectivity index (χ1n) is 7.61. The molecule has 0 aromatic heterocycles. The van der Waals surface area contributed by atoms with Crippen molar-refractivity contribution in [3.05, 3.63) is 81.4 Å². The fourth-order valence-corrected chi connectivity index (χ4v) is 3.81. The Hall–Kier alpha value is -1.69. The van der Waals surface area contributed by atoms with Crippen LogP contribution < -0.4 is 11.5 Å². The Morgan fingerprint density at radius 1 is 0.565 bits per heavy atom. The van der Waals surface area contributed by atoms with Gasteiger partial charge in [0.15, 0.2) is 0 Å². The van der Waals surface area contributed by atoms with Crippen LogP contribution in [0.3, 0.4) is 0 Å². The Balaban J connectivity index is 2.20. The molecule has 0 saturated heterocycles. The van der Waals surface area contributed by atoms with E-state index in [4.69, 9.17) is 11.5 Å². The molecule has 0 fully saturated rings. The van der Waals surface area contributed by atoms with Crippen LogP contribution in [0.25, 0.3) is 22.3 Å². The van der Waals surface area contributed by atoms with Gasteiger partial charge in [0.1, 0.15) is 0 Å². The predicted molar refractivity (Wildman–Crippen MR) is 106 cm³/mol. The quantitative estimate of drug-likeness (QED) is 0.616. The normalized spacial score (nSPS) is 10.7. The van der Waals surface area contributed by atoms with Gasteiger partial charge in [-0.25, -0.2) is 0 Å². The van der Waals surface area contributed by atoms with Gasteiger partial charge in [-0.15, -0.1) is 0 Å². The molecular weight excluding hydrogens is 395 g/mol. The minimum atomic E-state index is 0.538. The Kier molecular flexibility index (Phi) is 5.10. The monoisotopic (exact) mass is 414 g/mol. The van der Waals surface area contributed by atoms with Crippen molar-refractivity contribution < 1.29 is 0 Å². The number of hydrogen-bond acceptors (Lipinski definition) is 2. The lowest BCUT2D eigenvalue weighted by Gasteiger charge is -2.15. The van der Waals surface area contributed by atoms with Gasteiger partial charge in [0.05, 0.1) is 0 Å². The summed E-state index contributed by atoms with van der Waals surface area (Å²) in [7, 11) is 0. The molecule has 0 radical (unpaired) electrons. The van der Waals surface area contributed by atoms with Crippen LogP contribution >= 0.6 is 22.6 Å². The highest BCUT2D eigenvalue weighted by Crippen LogP contribution is 2.36. The second-order valence-corrected chi connectivity index (χ2v) is 6.47. The van der Waals surface area contributed by atoms with Crippen LogP contribution in [0, 0.1) is 3.57 Å². The summed E-state index contributed by atoms with van der Waals surface area (Å²) < 4.78 is 1.23. The summed E-state index contributed by atoms with van der Waals surface area (Å²) >= 11 is 2.43. The molecule has 0 spiro atoms. The minimum absolute atomic E-state index is 0.538. The zero-order valence-electron chi connectivity index (χ0n) is 12.8. The van der Waals surface area contributed by atoms with Crippen LogP contribution in [0.1, 0.15) is 11.1 Å². The van der Waals surface area contributed by atoms with Gasteiger partial charge >= 0.3 is 0 Å². The third kappa shape index (κ3) is 3.17. The summed E-state index contributed by atoms with van der Waals surface area (Å²) in [5.41, 5.74) is 19.0. The molecule has 0 bridgehead atoms. The van der Waals surface area contributed by atoms with Gasteiger partial charge in [-0.3, -0.25) is 0 Å². The molecule has 0 saturated carbocycles. The van der Waals surface area contributed by atoms with Gasteiger partial charge in [0, 0.05) is 16.7 Å². The van der Waals surface area contributed by atoms with Gasteiger partial charge < -0.3 is 11.5 Å². The minimum Gasteiger partial charge on any atom is -0.326 e. The van der Waals surface area contributed by atoms with Crippen LogP contribution in [0.4, 0.5) is 0 Å². The van der Waals surface area contributed by atoms with Crippen molar-refractivity contribution in [2.24, 2.45) is 11.5 Å². The number of halogens is 1. The maximum Gasteiger partial charge on any atom is 0.0287 e. The molecule has 0 aliphatic carbocycles. The highest BCUT2D eigenvalue weighted by atomic mass is 127. The molecule has 0 aliphatic rings. The fraction of sp³-hybridized carbons (Fsp3) is 0.100. The molecule has 0 atom stereocenters.